The molecule has 0 aliphatic carbocycles. The number of fused-ring (bicyclic) bond motifs is 1. The number of nitrogens with zero attached hydrogens (tertiary/aromatic N) is 2. The fourth-order valence-electron chi connectivity index (χ4n) is 2.77. The molecule has 11 heteroatoms. The highest BCUT2D eigenvalue weighted by atomic mass is 35.5. The molecular weight excluding hydrogens is 406 g/mol. The molecule has 0 unspecified atom stereocenters. The minimum Gasteiger partial charge on any atom is -0.495 e. The van der Waals surface area contributed by atoms with Crippen LogP contribution in [0.25, 0.3) is 0 Å². The molecule has 2 aromatic rings. The molecule has 29 heavy (non-hydrogen) atoms. The smallest absolute Gasteiger partial charge is 0.271 e. The molecule has 2 aromatic carbocycles. The number of nitrogens with one attached hydrogen (secondary N) is 1. The van der Waals surface area contributed by atoms with Crippen LogP contribution < -0.4 is 24.4 Å². The van der Waals surface area contributed by atoms with Gasteiger partial charge in [-0.05, 0) is 6.07 Å². The molecule has 152 valence electrons. The number of nitro benzene ring substituents is 1. The molecule has 10 nitrogen and oxygen atoms in total. The van der Waals surface area contributed by atoms with Crippen molar-refractivity contribution in [1.82, 2.24) is 0 Å². The van der Waals surface area contributed by atoms with Gasteiger partial charge in [-0.15, -0.1) is 0 Å². The molecule has 3 rings (SSSR count). The van der Waals surface area contributed by atoms with Crippen LogP contribution >= 0.6 is 11.6 Å². The van der Waals surface area contributed by atoms with Gasteiger partial charge in [0.2, 0.25) is 5.91 Å². The van der Waals surface area contributed by atoms with Crippen molar-refractivity contribution in [1.29, 1.82) is 0 Å². The highest BCUT2D eigenvalue weighted by molar-refractivity contribution is 6.32. The summed E-state index contributed by atoms with van der Waals surface area (Å²) in [6.07, 6.45) is 0. The monoisotopic (exact) mass is 421 g/mol. The van der Waals surface area contributed by atoms with Gasteiger partial charge >= 0.3 is 0 Å². The Hall–Kier alpha value is -3.53. The number of halogens is 1. The predicted molar refractivity (Wildman–Crippen MR) is 104 cm³/mol. The fraction of sp³-hybridized carbons (Fsp3) is 0.222. The topological polar surface area (TPSA) is 120 Å². The minimum absolute atomic E-state index is 0.145. The Labute approximate surface area is 170 Å². The molecule has 0 saturated carbocycles. The number of carbonyl (C=O) groups excluding carboxylic acids is 2. The van der Waals surface area contributed by atoms with Crippen LogP contribution in [0.5, 0.6) is 17.2 Å². The number of hydrogen-bond acceptors (Lipinski definition) is 7. The van der Waals surface area contributed by atoms with Crippen molar-refractivity contribution < 1.29 is 28.7 Å². The van der Waals surface area contributed by atoms with Gasteiger partial charge < -0.3 is 19.5 Å². The molecule has 1 N–H and O–H groups in total. The molecule has 0 bridgehead atoms. The Morgan fingerprint density at radius 1 is 1.28 bits per heavy atom. The van der Waals surface area contributed by atoms with Gasteiger partial charge in [0.25, 0.3) is 11.6 Å². The summed E-state index contributed by atoms with van der Waals surface area (Å²) < 4.78 is 15.6. The van der Waals surface area contributed by atoms with E-state index in [1.807, 2.05) is 0 Å². The third-order valence-corrected chi connectivity index (χ3v) is 4.44. The van der Waals surface area contributed by atoms with E-state index >= 15 is 0 Å². The zero-order chi connectivity index (χ0) is 21.1. The molecule has 0 fully saturated rings. The van der Waals surface area contributed by atoms with Crippen molar-refractivity contribution in [3.63, 3.8) is 0 Å². The van der Waals surface area contributed by atoms with Crippen LogP contribution in [0.2, 0.25) is 5.02 Å². The van der Waals surface area contributed by atoms with Crippen LogP contribution in [-0.2, 0) is 9.59 Å². The first-order chi connectivity index (χ1) is 13.8. The molecule has 0 aromatic heterocycles. The number of methoxy groups -OCH3 is 2. The van der Waals surface area contributed by atoms with Gasteiger partial charge in [-0.1, -0.05) is 11.6 Å². The minimum atomic E-state index is -0.595. The van der Waals surface area contributed by atoms with Gasteiger partial charge in [0.1, 0.15) is 23.8 Å². The first-order valence-corrected chi connectivity index (χ1v) is 8.64. The lowest BCUT2D eigenvalue weighted by Gasteiger charge is -2.28. The second-order valence-corrected chi connectivity index (χ2v) is 6.32. The van der Waals surface area contributed by atoms with Crippen LogP contribution in [0.15, 0.2) is 30.3 Å². The van der Waals surface area contributed by atoms with Crippen LogP contribution in [0.1, 0.15) is 0 Å². The van der Waals surface area contributed by atoms with Crippen LogP contribution in [-0.4, -0.2) is 44.1 Å². The first kappa shape index (κ1) is 20.2. The molecule has 1 aliphatic heterocycles. The number of amides is 2. The third-order valence-electron chi connectivity index (χ3n) is 4.15. The third kappa shape index (κ3) is 4.16. The number of anilines is 2. The van der Waals surface area contributed by atoms with E-state index < -0.39 is 16.7 Å². The summed E-state index contributed by atoms with van der Waals surface area (Å²) in [4.78, 5) is 36.5. The molecule has 2 amide bonds. The lowest BCUT2D eigenvalue weighted by Crippen LogP contribution is -2.43. The average molecular weight is 422 g/mol. The molecule has 1 aliphatic rings. The predicted octanol–water partition coefficient (Wildman–Crippen LogP) is 2.63. The number of carbonyl (C=O) groups is 2. The Bertz CT molecular complexity index is 996. The van der Waals surface area contributed by atoms with Gasteiger partial charge in [-0.3, -0.25) is 24.6 Å². The quantitative estimate of drug-likeness (QED) is 0.562. The van der Waals surface area contributed by atoms with Crippen molar-refractivity contribution in [3.05, 3.63) is 45.5 Å². The number of rotatable bonds is 6. The molecule has 0 radical (unpaired) electrons. The Morgan fingerprint density at radius 3 is 2.66 bits per heavy atom. The zero-order valence-electron chi connectivity index (χ0n) is 15.4. The summed E-state index contributed by atoms with van der Waals surface area (Å²) >= 11 is 6.05. The van der Waals surface area contributed by atoms with E-state index in [0.29, 0.717) is 22.2 Å². The standard InChI is InChI=1S/C18H16ClN3O7/c1-27-15-7-12(16(28-2)6-11(15)19)20-17(23)8-21-13-5-10(22(25)26)3-4-14(13)29-9-18(21)24/h3-7H,8-9H2,1-2H3,(H,20,23). The first-order valence-electron chi connectivity index (χ1n) is 8.27. The zero-order valence-corrected chi connectivity index (χ0v) is 16.2. The fourth-order valence-corrected chi connectivity index (χ4v) is 3.00. The van der Waals surface area contributed by atoms with E-state index in [2.05, 4.69) is 5.32 Å². The summed E-state index contributed by atoms with van der Waals surface area (Å²) in [6, 6.07) is 6.80. The summed E-state index contributed by atoms with van der Waals surface area (Å²) in [6.45, 7) is -0.666. The van der Waals surface area contributed by atoms with Gasteiger partial charge in [-0.2, -0.15) is 0 Å². The number of benzene rings is 2. The number of nitro groups is 1. The lowest BCUT2D eigenvalue weighted by atomic mass is 10.2. The maximum absolute atomic E-state index is 12.6. The second-order valence-electron chi connectivity index (χ2n) is 5.91. The van der Waals surface area contributed by atoms with Gasteiger partial charge in [0.15, 0.2) is 6.61 Å². The number of ether oxygens (including phenoxy) is 3. The molecule has 0 spiro atoms. The Kier molecular flexibility index (Phi) is 5.74. The summed E-state index contributed by atoms with van der Waals surface area (Å²) in [5.74, 6) is -0.164. The number of non-ortho nitro benzene ring substituents is 1. The van der Waals surface area contributed by atoms with E-state index in [0.717, 1.165) is 4.90 Å². The summed E-state index contributed by atoms with van der Waals surface area (Å²) in [5, 5.41) is 14.0. The van der Waals surface area contributed by atoms with Gasteiger partial charge in [0.05, 0.1) is 35.5 Å². The van der Waals surface area contributed by atoms with E-state index in [1.165, 1.54) is 44.6 Å². The highest BCUT2D eigenvalue weighted by Crippen LogP contribution is 2.37. The van der Waals surface area contributed by atoms with Gasteiger partial charge in [-0.25, -0.2) is 0 Å². The molecule has 0 saturated heterocycles. The van der Waals surface area contributed by atoms with E-state index in [9.17, 15) is 19.7 Å². The maximum atomic E-state index is 12.6. The molecule has 0 atom stereocenters. The van der Waals surface area contributed by atoms with Gasteiger partial charge in [0, 0.05) is 24.3 Å². The molecule has 1 heterocycles. The maximum Gasteiger partial charge on any atom is 0.271 e. The van der Waals surface area contributed by atoms with E-state index in [4.69, 9.17) is 25.8 Å². The van der Waals surface area contributed by atoms with Crippen LogP contribution in [0.3, 0.4) is 0 Å². The molecular formula is C18H16ClN3O7. The highest BCUT2D eigenvalue weighted by Gasteiger charge is 2.29. The second kappa shape index (κ2) is 8.23. The van der Waals surface area contributed by atoms with Crippen molar-refractivity contribution in [3.8, 4) is 17.2 Å². The van der Waals surface area contributed by atoms with Crippen molar-refractivity contribution in [2.45, 2.75) is 0 Å². The largest absolute Gasteiger partial charge is 0.495 e. The number of hydrogen-bond donors (Lipinski definition) is 1. The van der Waals surface area contributed by atoms with E-state index in [-0.39, 0.29) is 30.3 Å². The SMILES string of the molecule is COc1cc(NC(=O)CN2C(=O)COc3ccc([N+](=O)[O-])cc32)c(OC)cc1Cl. The van der Waals surface area contributed by atoms with Crippen molar-refractivity contribution in [2.75, 3.05) is 37.6 Å². The Balaban J connectivity index is 1.86. The normalized spacial score (nSPS) is 12.7. The van der Waals surface area contributed by atoms with Crippen molar-refractivity contribution in [2.24, 2.45) is 0 Å². The van der Waals surface area contributed by atoms with E-state index in [1.54, 1.807) is 0 Å². The lowest BCUT2D eigenvalue weighted by molar-refractivity contribution is -0.384. The Morgan fingerprint density at radius 2 is 2.00 bits per heavy atom. The average Bonchev–Trinajstić information content (AvgIpc) is 2.70. The summed E-state index contributed by atoms with van der Waals surface area (Å²) in [5.41, 5.74) is 0.210. The van der Waals surface area contributed by atoms with Crippen LogP contribution in [0, 0.1) is 10.1 Å². The van der Waals surface area contributed by atoms with Crippen LogP contribution in [0.4, 0.5) is 17.1 Å². The van der Waals surface area contributed by atoms with Crippen molar-refractivity contribution >= 4 is 40.5 Å². The summed E-state index contributed by atoms with van der Waals surface area (Å²) in [7, 11) is 2.84.